The summed E-state index contributed by atoms with van der Waals surface area (Å²) >= 11 is 0. The van der Waals surface area contributed by atoms with Crippen molar-refractivity contribution in [1.29, 1.82) is 0 Å². The maximum Gasteiger partial charge on any atom is 0.407 e. The number of carbonyl (C=O) groups is 1. The third-order valence-corrected chi connectivity index (χ3v) is 3.40. The Balaban J connectivity index is 1.78. The fourth-order valence-electron chi connectivity index (χ4n) is 2.24. The summed E-state index contributed by atoms with van der Waals surface area (Å²) in [7, 11) is 0. The van der Waals surface area contributed by atoms with Crippen molar-refractivity contribution >= 4 is 11.7 Å². The molecule has 2 aromatic heterocycles. The van der Waals surface area contributed by atoms with E-state index in [2.05, 4.69) is 15.0 Å². The van der Waals surface area contributed by atoms with Crippen molar-refractivity contribution in [3.63, 3.8) is 0 Å². The van der Waals surface area contributed by atoms with E-state index in [9.17, 15) is 4.79 Å². The van der Waals surface area contributed by atoms with E-state index in [1.165, 1.54) is 4.90 Å². The van der Waals surface area contributed by atoms with Gasteiger partial charge < -0.3 is 10.0 Å². The van der Waals surface area contributed by atoms with Gasteiger partial charge in [-0.2, -0.15) is 0 Å². The predicted octanol–water partition coefficient (Wildman–Crippen LogP) is 2.31. The first-order valence-electron chi connectivity index (χ1n) is 6.65. The minimum atomic E-state index is -0.880. The molecule has 0 spiro atoms. The predicted molar refractivity (Wildman–Crippen MR) is 77.5 cm³/mol. The fourth-order valence-corrected chi connectivity index (χ4v) is 2.24. The minimum Gasteiger partial charge on any atom is -0.465 e. The van der Waals surface area contributed by atoms with Crippen molar-refractivity contribution in [2.75, 3.05) is 13.1 Å². The van der Waals surface area contributed by atoms with Crippen LogP contribution < -0.4 is 0 Å². The highest BCUT2D eigenvalue weighted by molar-refractivity contribution is 5.70. The second-order valence-electron chi connectivity index (χ2n) is 4.71. The number of hydrogen-bond acceptors (Lipinski definition) is 4. The zero-order valence-corrected chi connectivity index (χ0v) is 11.3. The average molecular weight is 282 g/mol. The van der Waals surface area contributed by atoms with E-state index in [1.807, 2.05) is 18.2 Å². The third kappa shape index (κ3) is 2.89. The number of amides is 1. The second-order valence-corrected chi connectivity index (χ2v) is 4.71. The molecule has 0 atom stereocenters. The molecule has 0 saturated carbocycles. The molecule has 1 amide bonds. The van der Waals surface area contributed by atoms with Gasteiger partial charge in [0.15, 0.2) is 5.82 Å². The van der Waals surface area contributed by atoms with Crippen molar-refractivity contribution in [1.82, 2.24) is 19.9 Å². The molecule has 106 valence electrons. The van der Waals surface area contributed by atoms with Crippen molar-refractivity contribution in [2.24, 2.45) is 0 Å². The molecule has 3 rings (SSSR count). The van der Waals surface area contributed by atoms with Crippen LogP contribution in [0.3, 0.4) is 0 Å². The fraction of sp³-hybridized carbons (Fsp3) is 0.200. The molecule has 1 aliphatic rings. The maximum atomic E-state index is 10.9. The lowest BCUT2D eigenvalue weighted by molar-refractivity contribution is 0.150. The number of nitrogens with zero attached hydrogens (tertiary/aromatic N) is 4. The van der Waals surface area contributed by atoms with Gasteiger partial charge in [-0.15, -0.1) is 0 Å². The molecular weight excluding hydrogens is 268 g/mol. The molecular formula is C15H14N4O2. The molecule has 1 N–H and O–H groups in total. The normalized spacial score (nSPS) is 14.7. The Labute approximate surface area is 121 Å². The summed E-state index contributed by atoms with van der Waals surface area (Å²) in [5.74, 6) is 0.645. The van der Waals surface area contributed by atoms with Gasteiger partial charge >= 0.3 is 6.09 Å². The first kappa shape index (κ1) is 13.2. The molecule has 2 aromatic rings. The van der Waals surface area contributed by atoms with Gasteiger partial charge in [0.05, 0.1) is 5.69 Å². The van der Waals surface area contributed by atoms with Crippen LogP contribution in [-0.4, -0.2) is 44.1 Å². The van der Waals surface area contributed by atoms with E-state index < -0.39 is 6.09 Å². The van der Waals surface area contributed by atoms with Gasteiger partial charge in [-0.3, -0.25) is 4.98 Å². The van der Waals surface area contributed by atoms with E-state index >= 15 is 0 Å². The molecule has 0 unspecified atom stereocenters. The Morgan fingerprint density at radius 1 is 1.19 bits per heavy atom. The van der Waals surface area contributed by atoms with Crippen LogP contribution in [0.4, 0.5) is 4.79 Å². The van der Waals surface area contributed by atoms with Crippen LogP contribution in [0.5, 0.6) is 0 Å². The molecule has 0 bridgehead atoms. The van der Waals surface area contributed by atoms with Crippen LogP contribution in [0.1, 0.15) is 12.1 Å². The Kier molecular flexibility index (Phi) is 3.59. The van der Waals surface area contributed by atoms with E-state index in [0.717, 1.165) is 16.8 Å². The van der Waals surface area contributed by atoms with Gasteiger partial charge in [0.2, 0.25) is 0 Å². The maximum absolute atomic E-state index is 10.9. The van der Waals surface area contributed by atoms with Gasteiger partial charge in [-0.1, -0.05) is 6.08 Å². The molecule has 0 fully saturated rings. The van der Waals surface area contributed by atoms with Crippen LogP contribution in [0.15, 0.2) is 42.9 Å². The first-order valence-corrected chi connectivity index (χ1v) is 6.65. The van der Waals surface area contributed by atoms with Crippen LogP contribution in [-0.2, 0) is 0 Å². The topological polar surface area (TPSA) is 79.2 Å². The number of pyridine rings is 1. The lowest BCUT2D eigenvalue weighted by Crippen LogP contribution is -2.33. The Morgan fingerprint density at radius 3 is 2.57 bits per heavy atom. The molecule has 0 saturated heterocycles. The summed E-state index contributed by atoms with van der Waals surface area (Å²) in [6.45, 7) is 0.919. The van der Waals surface area contributed by atoms with E-state index in [-0.39, 0.29) is 0 Å². The molecule has 6 nitrogen and oxygen atoms in total. The number of aromatic nitrogens is 3. The van der Waals surface area contributed by atoms with Gasteiger partial charge in [-0.25, -0.2) is 14.8 Å². The van der Waals surface area contributed by atoms with Crippen molar-refractivity contribution in [3.05, 3.63) is 48.6 Å². The smallest absolute Gasteiger partial charge is 0.407 e. The third-order valence-electron chi connectivity index (χ3n) is 3.40. The van der Waals surface area contributed by atoms with Crippen LogP contribution in [0.2, 0.25) is 0 Å². The summed E-state index contributed by atoms with van der Waals surface area (Å²) < 4.78 is 0. The molecule has 0 aromatic carbocycles. The summed E-state index contributed by atoms with van der Waals surface area (Å²) in [5, 5.41) is 8.92. The highest BCUT2D eigenvalue weighted by atomic mass is 16.4. The number of carboxylic acid groups (broad SMARTS) is 1. The lowest BCUT2D eigenvalue weighted by Gasteiger charge is -2.23. The monoisotopic (exact) mass is 282 g/mol. The quantitative estimate of drug-likeness (QED) is 0.914. The standard InChI is InChI=1S/C15H14N4O2/c20-15(21)19-8-4-11(5-9-19)13-3-2-12(10-18-13)14-16-6-1-7-17-14/h1-4,6-7,10H,5,8-9H2,(H,20,21). The molecule has 3 heterocycles. The van der Waals surface area contributed by atoms with Crippen molar-refractivity contribution in [2.45, 2.75) is 6.42 Å². The van der Waals surface area contributed by atoms with Gasteiger partial charge in [0, 0.05) is 37.2 Å². The summed E-state index contributed by atoms with van der Waals surface area (Å²) in [6.07, 6.45) is 6.85. The van der Waals surface area contributed by atoms with Crippen LogP contribution in [0.25, 0.3) is 17.0 Å². The largest absolute Gasteiger partial charge is 0.465 e. The van der Waals surface area contributed by atoms with E-state index in [1.54, 1.807) is 24.7 Å². The summed E-state index contributed by atoms with van der Waals surface area (Å²) in [6, 6.07) is 5.63. The average Bonchev–Trinajstić information content (AvgIpc) is 2.56. The zero-order chi connectivity index (χ0) is 14.7. The molecule has 21 heavy (non-hydrogen) atoms. The number of rotatable bonds is 2. The lowest BCUT2D eigenvalue weighted by atomic mass is 10.0. The van der Waals surface area contributed by atoms with E-state index in [0.29, 0.717) is 25.3 Å². The molecule has 0 radical (unpaired) electrons. The minimum absolute atomic E-state index is 0.413. The summed E-state index contributed by atoms with van der Waals surface area (Å²) in [4.78, 5) is 25.1. The van der Waals surface area contributed by atoms with Crippen LogP contribution in [0, 0.1) is 0 Å². The second kappa shape index (κ2) is 5.70. The van der Waals surface area contributed by atoms with Crippen molar-refractivity contribution in [3.8, 4) is 11.4 Å². The molecule has 6 heteroatoms. The highest BCUT2D eigenvalue weighted by Crippen LogP contribution is 2.22. The van der Waals surface area contributed by atoms with Gasteiger partial charge in [0.25, 0.3) is 0 Å². The summed E-state index contributed by atoms with van der Waals surface area (Å²) in [5.41, 5.74) is 2.82. The Morgan fingerprint density at radius 2 is 2.00 bits per heavy atom. The van der Waals surface area contributed by atoms with Gasteiger partial charge in [0.1, 0.15) is 0 Å². The Bertz CT molecular complexity index is 668. The van der Waals surface area contributed by atoms with Crippen molar-refractivity contribution < 1.29 is 9.90 Å². The van der Waals surface area contributed by atoms with E-state index in [4.69, 9.17) is 5.11 Å². The number of hydrogen-bond donors (Lipinski definition) is 1. The zero-order valence-electron chi connectivity index (χ0n) is 11.3. The highest BCUT2D eigenvalue weighted by Gasteiger charge is 2.17. The molecule has 1 aliphatic heterocycles. The molecule has 0 aliphatic carbocycles. The van der Waals surface area contributed by atoms with Gasteiger partial charge in [-0.05, 0) is 30.2 Å². The Hall–Kier alpha value is -2.76. The van der Waals surface area contributed by atoms with Crippen LogP contribution >= 0.6 is 0 Å². The first-order chi connectivity index (χ1) is 10.2. The SMILES string of the molecule is O=C(O)N1CC=C(c2ccc(-c3ncccn3)cn2)CC1.